The van der Waals surface area contributed by atoms with E-state index < -0.39 is 10.8 Å². The van der Waals surface area contributed by atoms with Gasteiger partial charge in [-0.1, -0.05) is 22.9 Å². The van der Waals surface area contributed by atoms with Gasteiger partial charge in [0.15, 0.2) is 5.13 Å². The molecule has 10 heteroatoms. The summed E-state index contributed by atoms with van der Waals surface area (Å²) in [5.74, 6) is 0.412. The van der Waals surface area contributed by atoms with Crippen molar-refractivity contribution in [2.24, 2.45) is 0 Å². The van der Waals surface area contributed by atoms with Crippen molar-refractivity contribution in [1.82, 2.24) is 4.98 Å². The van der Waals surface area contributed by atoms with Crippen LogP contribution in [0.4, 0.5) is 10.8 Å². The molecule has 0 saturated heterocycles. The average molecular weight is 394 g/mol. The molecule has 1 N–H and O–H groups in total. The van der Waals surface area contributed by atoms with Gasteiger partial charge >= 0.3 is 0 Å². The predicted molar refractivity (Wildman–Crippen MR) is 98.8 cm³/mol. The topological polar surface area (TPSA) is 104 Å². The highest BCUT2D eigenvalue weighted by Gasteiger charge is 2.22. The number of rotatable bonds is 5. The van der Waals surface area contributed by atoms with E-state index in [2.05, 4.69) is 10.3 Å². The van der Waals surface area contributed by atoms with E-state index in [0.29, 0.717) is 21.7 Å². The van der Waals surface area contributed by atoms with Crippen molar-refractivity contribution in [3.63, 3.8) is 0 Å². The van der Waals surface area contributed by atoms with E-state index in [4.69, 9.17) is 21.1 Å². The number of ether oxygens (including phenoxy) is 2. The third kappa shape index (κ3) is 3.26. The molecule has 1 amide bonds. The molecule has 2 aromatic carbocycles. The van der Waals surface area contributed by atoms with E-state index in [1.165, 1.54) is 43.8 Å². The molecule has 26 heavy (non-hydrogen) atoms. The molecule has 0 unspecified atom stereocenters. The smallest absolute Gasteiger partial charge is 0.282 e. The Balaban J connectivity index is 2.01. The molecule has 0 aliphatic rings. The zero-order chi connectivity index (χ0) is 18.8. The third-order valence-electron chi connectivity index (χ3n) is 3.53. The number of hydrogen-bond acceptors (Lipinski definition) is 7. The highest BCUT2D eigenvalue weighted by atomic mass is 35.5. The predicted octanol–water partition coefficient (Wildman–Crippen LogP) is 4.13. The lowest BCUT2D eigenvalue weighted by Gasteiger charge is -2.03. The molecule has 8 nitrogen and oxygen atoms in total. The van der Waals surface area contributed by atoms with E-state index in [0.717, 1.165) is 0 Å². The van der Waals surface area contributed by atoms with Gasteiger partial charge < -0.3 is 9.47 Å². The Morgan fingerprint density at radius 1 is 1.23 bits per heavy atom. The minimum absolute atomic E-state index is 0.152. The lowest BCUT2D eigenvalue weighted by Crippen LogP contribution is -2.13. The number of nitro benzene ring substituents is 1. The number of halogens is 1. The molecule has 0 bridgehead atoms. The lowest BCUT2D eigenvalue weighted by molar-refractivity contribution is -0.385. The minimum atomic E-state index is -0.684. The molecule has 0 aliphatic heterocycles. The molecule has 0 fully saturated rings. The van der Waals surface area contributed by atoms with Crippen LogP contribution in [0.5, 0.6) is 11.5 Å². The number of hydrogen-bond donors (Lipinski definition) is 1. The Hall–Kier alpha value is -2.91. The Labute approximate surface area is 156 Å². The fourth-order valence-electron chi connectivity index (χ4n) is 2.35. The maximum atomic E-state index is 12.5. The third-order valence-corrected chi connectivity index (χ3v) is 4.75. The molecule has 134 valence electrons. The van der Waals surface area contributed by atoms with E-state index in [9.17, 15) is 14.9 Å². The van der Waals surface area contributed by atoms with Gasteiger partial charge in [-0.2, -0.15) is 0 Å². The van der Waals surface area contributed by atoms with Crippen LogP contribution in [-0.4, -0.2) is 30.0 Å². The summed E-state index contributed by atoms with van der Waals surface area (Å²) in [5.41, 5.74) is 0.0246. The van der Waals surface area contributed by atoms with Crippen molar-refractivity contribution in [2.45, 2.75) is 0 Å². The summed E-state index contributed by atoms with van der Waals surface area (Å²) in [7, 11) is 3.03. The number of nitrogens with one attached hydrogen (secondary N) is 1. The molecule has 3 rings (SSSR count). The zero-order valence-corrected chi connectivity index (χ0v) is 15.2. The quantitative estimate of drug-likeness (QED) is 0.516. The molecule has 0 saturated carbocycles. The first kappa shape index (κ1) is 17.9. The Morgan fingerprint density at radius 3 is 2.58 bits per heavy atom. The zero-order valence-electron chi connectivity index (χ0n) is 13.6. The van der Waals surface area contributed by atoms with Crippen LogP contribution in [0.25, 0.3) is 10.2 Å². The molecule has 0 atom stereocenters. The van der Waals surface area contributed by atoms with Gasteiger partial charge in [-0.15, -0.1) is 0 Å². The van der Waals surface area contributed by atoms with E-state index in [1.807, 2.05) is 0 Å². The van der Waals surface area contributed by atoms with Crippen LogP contribution < -0.4 is 14.8 Å². The number of aromatic nitrogens is 1. The number of nitrogens with zero attached hydrogens (tertiary/aromatic N) is 2. The Kier molecular flexibility index (Phi) is 4.92. The first-order valence-corrected chi connectivity index (χ1v) is 8.41. The second-order valence-corrected chi connectivity index (χ2v) is 6.48. The molecule has 0 aliphatic carbocycles. The number of amides is 1. The summed E-state index contributed by atoms with van der Waals surface area (Å²) in [6.45, 7) is 0. The van der Waals surface area contributed by atoms with Gasteiger partial charge in [0.05, 0.1) is 19.1 Å². The number of carbonyl (C=O) groups is 1. The van der Waals surface area contributed by atoms with Gasteiger partial charge in [-0.05, 0) is 24.3 Å². The van der Waals surface area contributed by atoms with Crippen molar-refractivity contribution in [3.05, 3.63) is 51.0 Å². The van der Waals surface area contributed by atoms with Gasteiger partial charge in [0, 0.05) is 11.1 Å². The number of methoxy groups -OCH3 is 2. The number of thiazole rings is 1. The van der Waals surface area contributed by atoms with E-state index in [-0.39, 0.29) is 21.4 Å². The van der Waals surface area contributed by atoms with Gasteiger partial charge in [0.2, 0.25) is 0 Å². The van der Waals surface area contributed by atoms with E-state index in [1.54, 1.807) is 12.1 Å². The van der Waals surface area contributed by atoms with Crippen LogP contribution in [-0.2, 0) is 0 Å². The first-order valence-electron chi connectivity index (χ1n) is 7.21. The summed E-state index contributed by atoms with van der Waals surface area (Å²) in [5, 5.41) is 14.2. The van der Waals surface area contributed by atoms with Crippen LogP contribution >= 0.6 is 22.9 Å². The summed E-state index contributed by atoms with van der Waals surface area (Å²) in [6.07, 6.45) is 0. The van der Waals surface area contributed by atoms with Crippen LogP contribution in [0.2, 0.25) is 5.02 Å². The van der Waals surface area contributed by atoms with Crippen molar-refractivity contribution in [1.29, 1.82) is 0 Å². The highest BCUT2D eigenvalue weighted by molar-refractivity contribution is 7.22. The van der Waals surface area contributed by atoms with Crippen LogP contribution in [0, 0.1) is 10.1 Å². The maximum Gasteiger partial charge on any atom is 0.282 e. The number of anilines is 1. The monoisotopic (exact) mass is 393 g/mol. The van der Waals surface area contributed by atoms with Crippen LogP contribution in [0.3, 0.4) is 0 Å². The van der Waals surface area contributed by atoms with Crippen LogP contribution in [0.15, 0.2) is 30.3 Å². The lowest BCUT2D eigenvalue weighted by atomic mass is 10.1. The van der Waals surface area contributed by atoms with Gasteiger partial charge in [0.1, 0.15) is 27.3 Å². The van der Waals surface area contributed by atoms with Gasteiger partial charge in [0.25, 0.3) is 11.6 Å². The molecule has 0 radical (unpaired) electrons. The molecule has 1 heterocycles. The fraction of sp³-hybridized carbons (Fsp3) is 0.125. The normalized spacial score (nSPS) is 10.6. The van der Waals surface area contributed by atoms with Crippen molar-refractivity contribution >= 4 is 49.9 Å². The second kappa shape index (κ2) is 7.14. The van der Waals surface area contributed by atoms with Crippen molar-refractivity contribution in [3.8, 4) is 11.5 Å². The van der Waals surface area contributed by atoms with Crippen molar-refractivity contribution in [2.75, 3.05) is 19.5 Å². The minimum Gasteiger partial charge on any atom is -0.495 e. The molecule has 1 aromatic heterocycles. The summed E-state index contributed by atoms with van der Waals surface area (Å²) < 4.78 is 11.2. The first-order chi connectivity index (χ1) is 12.4. The van der Waals surface area contributed by atoms with Crippen molar-refractivity contribution < 1.29 is 19.2 Å². The number of fused-ring (bicyclic) bond motifs is 1. The average Bonchev–Trinajstić information content (AvgIpc) is 3.03. The Morgan fingerprint density at radius 2 is 1.92 bits per heavy atom. The largest absolute Gasteiger partial charge is 0.495 e. The SMILES string of the molecule is COc1ccc(OC)c2sc(NC(=O)c3cc(Cl)ccc3[N+](=O)[O-])nc12. The second-order valence-electron chi connectivity index (χ2n) is 5.04. The highest BCUT2D eigenvalue weighted by Crippen LogP contribution is 2.39. The molecular formula is C16H12ClN3O5S. The van der Waals surface area contributed by atoms with Crippen LogP contribution in [0.1, 0.15) is 10.4 Å². The van der Waals surface area contributed by atoms with Gasteiger partial charge in [-0.25, -0.2) is 4.98 Å². The molecular weight excluding hydrogens is 382 g/mol. The number of benzene rings is 2. The fourth-order valence-corrected chi connectivity index (χ4v) is 3.49. The number of nitro groups is 1. The standard InChI is InChI=1S/C16H12ClN3O5S/c1-24-11-5-6-12(25-2)14-13(11)18-16(26-14)19-15(21)9-7-8(17)3-4-10(9)20(22)23/h3-7H,1-2H3,(H,18,19,21). The Bertz CT molecular complexity index is 980. The molecule has 3 aromatic rings. The maximum absolute atomic E-state index is 12.5. The molecule has 0 spiro atoms. The van der Waals surface area contributed by atoms with E-state index >= 15 is 0 Å². The summed E-state index contributed by atoms with van der Waals surface area (Å²) >= 11 is 7.03. The summed E-state index contributed by atoms with van der Waals surface area (Å²) in [6, 6.07) is 7.20. The summed E-state index contributed by atoms with van der Waals surface area (Å²) in [4.78, 5) is 27.3. The van der Waals surface area contributed by atoms with Gasteiger partial charge in [-0.3, -0.25) is 20.2 Å². The number of carbonyl (C=O) groups excluding carboxylic acids is 1.